The molecule has 4 rings (SSSR count). The van der Waals surface area contributed by atoms with Crippen molar-refractivity contribution in [2.45, 2.75) is 21.6 Å². The number of ether oxygens (including phenoxy) is 1. The van der Waals surface area contributed by atoms with E-state index in [2.05, 4.69) is 0 Å². The molecule has 3 aromatic rings. The molecule has 9 heteroatoms. The highest BCUT2D eigenvalue weighted by Crippen LogP contribution is 2.48. The van der Waals surface area contributed by atoms with Gasteiger partial charge in [-0.15, -0.1) is 7.77 Å². The highest BCUT2D eigenvalue weighted by molar-refractivity contribution is 7.86. The molecule has 0 bridgehead atoms. The zero-order valence-electron chi connectivity index (χ0n) is 15.5. The molecule has 1 heterocycles. The van der Waals surface area contributed by atoms with Crippen molar-refractivity contribution >= 4 is 20.4 Å². The van der Waals surface area contributed by atoms with Gasteiger partial charge in [0.05, 0.1) is 21.8 Å². The molecule has 0 saturated carbocycles. The summed E-state index contributed by atoms with van der Waals surface area (Å²) in [6.07, 6.45) is 0.452. The van der Waals surface area contributed by atoms with Gasteiger partial charge in [-0.25, -0.2) is 0 Å². The zero-order chi connectivity index (χ0) is 21.6. The molecule has 0 fully saturated rings. The van der Waals surface area contributed by atoms with Gasteiger partial charge >= 0.3 is 20.4 Å². The number of hydrogen-bond donors (Lipinski definition) is 0. The maximum absolute atomic E-state index is 13.4. The van der Waals surface area contributed by atoms with E-state index in [1.54, 1.807) is 6.07 Å². The van der Waals surface area contributed by atoms with Crippen LogP contribution in [0.4, 0.5) is 7.77 Å². The van der Waals surface area contributed by atoms with Crippen LogP contribution in [0, 0.1) is 0 Å². The summed E-state index contributed by atoms with van der Waals surface area (Å²) in [5.74, 6) is 0.619. The first-order chi connectivity index (χ1) is 14.1. The zero-order valence-corrected chi connectivity index (χ0v) is 17.1. The van der Waals surface area contributed by atoms with Gasteiger partial charge in [-0.05, 0) is 47.9 Å². The number of para-hydroxylation sites is 1. The SMILES string of the molecule is O=S(=O)(F)c1ccc(C2(c3ccc(S(=O)(=O)F)cc3)CCOc3ccccc32)cc1. The summed E-state index contributed by atoms with van der Waals surface area (Å²) in [7, 11) is -9.70. The monoisotopic (exact) mass is 450 g/mol. The topological polar surface area (TPSA) is 77.5 Å². The average Bonchev–Trinajstić information content (AvgIpc) is 2.72. The molecule has 0 spiro atoms. The summed E-state index contributed by atoms with van der Waals surface area (Å²) in [5, 5.41) is 0. The van der Waals surface area contributed by atoms with E-state index < -0.39 is 35.7 Å². The minimum atomic E-state index is -4.85. The molecule has 0 aliphatic carbocycles. The van der Waals surface area contributed by atoms with Crippen LogP contribution in [0.5, 0.6) is 5.75 Å². The first-order valence-corrected chi connectivity index (χ1v) is 11.7. The maximum atomic E-state index is 13.4. The number of halogens is 2. The molecule has 1 aliphatic heterocycles. The fourth-order valence-corrected chi connectivity index (χ4v) is 4.89. The molecule has 156 valence electrons. The van der Waals surface area contributed by atoms with Gasteiger partial charge in [0.15, 0.2) is 0 Å². The van der Waals surface area contributed by atoms with E-state index in [4.69, 9.17) is 4.74 Å². The summed E-state index contributed by atoms with van der Waals surface area (Å²) < 4.78 is 77.4. The lowest BCUT2D eigenvalue weighted by Gasteiger charge is -2.40. The Kier molecular flexibility index (Phi) is 4.90. The van der Waals surface area contributed by atoms with Crippen LogP contribution in [0.2, 0.25) is 0 Å². The van der Waals surface area contributed by atoms with Crippen molar-refractivity contribution in [3.63, 3.8) is 0 Å². The van der Waals surface area contributed by atoms with E-state index in [1.807, 2.05) is 18.2 Å². The number of rotatable bonds is 4. The molecule has 5 nitrogen and oxygen atoms in total. The van der Waals surface area contributed by atoms with Gasteiger partial charge in [-0.1, -0.05) is 42.5 Å². The third kappa shape index (κ3) is 3.48. The highest BCUT2D eigenvalue weighted by Gasteiger charge is 2.41. The standard InChI is InChI=1S/C21H16F2O5S2/c22-29(24,25)17-9-5-15(6-10-17)21(13-14-28-20-4-2-1-3-19(20)21)16-7-11-18(12-8-16)30(23,26)27/h1-12H,13-14H2. The van der Waals surface area contributed by atoms with E-state index in [1.165, 1.54) is 48.5 Å². The van der Waals surface area contributed by atoms with Crippen molar-refractivity contribution < 1.29 is 29.3 Å². The fourth-order valence-electron chi connectivity index (χ4n) is 3.96. The molecule has 0 saturated heterocycles. The lowest BCUT2D eigenvalue weighted by molar-refractivity contribution is 0.252. The van der Waals surface area contributed by atoms with Crippen LogP contribution in [0.1, 0.15) is 23.1 Å². The second kappa shape index (κ2) is 7.17. The molecular formula is C21H16F2O5S2. The Morgan fingerprint density at radius 1 is 0.700 bits per heavy atom. The Hall–Kier alpha value is -2.78. The van der Waals surface area contributed by atoms with E-state index in [-0.39, 0.29) is 0 Å². The van der Waals surface area contributed by atoms with Crippen LogP contribution in [0.15, 0.2) is 82.6 Å². The number of benzene rings is 3. The molecule has 0 unspecified atom stereocenters. The molecule has 0 radical (unpaired) electrons. The van der Waals surface area contributed by atoms with Crippen LogP contribution >= 0.6 is 0 Å². The second-order valence-corrected chi connectivity index (χ2v) is 9.62. The lowest BCUT2D eigenvalue weighted by Crippen LogP contribution is -2.35. The molecule has 0 aromatic heterocycles. The molecule has 1 aliphatic rings. The first-order valence-electron chi connectivity index (χ1n) is 8.95. The largest absolute Gasteiger partial charge is 0.493 e. The van der Waals surface area contributed by atoms with Crippen molar-refractivity contribution in [2.24, 2.45) is 0 Å². The highest BCUT2D eigenvalue weighted by atomic mass is 32.3. The van der Waals surface area contributed by atoms with Crippen molar-refractivity contribution in [1.82, 2.24) is 0 Å². The van der Waals surface area contributed by atoms with Gasteiger partial charge in [0.2, 0.25) is 0 Å². The summed E-state index contributed by atoms with van der Waals surface area (Å²) >= 11 is 0. The number of hydrogen-bond acceptors (Lipinski definition) is 5. The Morgan fingerprint density at radius 2 is 1.17 bits per heavy atom. The Bertz CT molecular complexity index is 1220. The van der Waals surface area contributed by atoms with Gasteiger partial charge in [0.1, 0.15) is 5.75 Å². The third-order valence-corrected chi connectivity index (χ3v) is 7.01. The molecule has 3 aromatic carbocycles. The summed E-state index contributed by atoms with van der Waals surface area (Å²) in [5.41, 5.74) is 1.29. The molecule has 0 amide bonds. The Balaban J connectivity index is 1.96. The third-order valence-electron chi connectivity index (χ3n) is 5.34. The van der Waals surface area contributed by atoms with Gasteiger partial charge in [-0.3, -0.25) is 0 Å². The minimum Gasteiger partial charge on any atom is -0.493 e. The first kappa shape index (κ1) is 20.5. The van der Waals surface area contributed by atoms with Crippen LogP contribution in [0.25, 0.3) is 0 Å². The number of fused-ring (bicyclic) bond motifs is 1. The average molecular weight is 450 g/mol. The summed E-state index contributed by atoms with van der Waals surface area (Å²) in [6, 6.07) is 18.1. The lowest BCUT2D eigenvalue weighted by atomic mass is 9.66. The van der Waals surface area contributed by atoms with Gasteiger partial charge in [-0.2, -0.15) is 16.8 Å². The van der Waals surface area contributed by atoms with Gasteiger partial charge < -0.3 is 4.74 Å². The van der Waals surface area contributed by atoms with Crippen molar-refractivity contribution in [2.75, 3.05) is 6.61 Å². The fraction of sp³-hybridized carbons (Fsp3) is 0.143. The quantitative estimate of drug-likeness (QED) is 0.559. The predicted molar refractivity (Wildman–Crippen MR) is 106 cm³/mol. The molecular weight excluding hydrogens is 434 g/mol. The molecule has 0 atom stereocenters. The minimum absolute atomic E-state index is 0.337. The summed E-state index contributed by atoms with van der Waals surface area (Å²) in [4.78, 5) is -0.916. The van der Waals surface area contributed by atoms with Crippen LogP contribution in [-0.4, -0.2) is 23.4 Å². The summed E-state index contributed by atoms with van der Waals surface area (Å²) in [6.45, 7) is 0.337. The van der Waals surface area contributed by atoms with Crippen molar-refractivity contribution in [1.29, 1.82) is 0 Å². The van der Waals surface area contributed by atoms with Gasteiger partial charge in [0.25, 0.3) is 0 Å². The normalized spacial score (nSPS) is 15.8. The van der Waals surface area contributed by atoms with Crippen molar-refractivity contribution in [3.8, 4) is 5.75 Å². The predicted octanol–water partition coefficient (Wildman–Crippen LogP) is 4.12. The van der Waals surface area contributed by atoms with Gasteiger partial charge in [0, 0.05) is 5.56 Å². The van der Waals surface area contributed by atoms with E-state index in [9.17, 15) is 24.6 Å². The van der Waals surface area contributed by atoms with Crippen LogP contribution < -0.4 is 4.74 Å². The Labute approximate surface area is 173 Å². The second-order valence-electron chi connectivity index (χ2n) is 6.92. The van der Waals surface area contributed by atoms with Crippen molar-refractivity contribution in [3.05, 3.63) is 89.5 Å². The van der Waals surface area contributed by atoms with Crippen LogP contribution in [-0.2, 0) is 25.9 Å². The van der Waals surface area contributed by atoms with E-state index >= 15 is 0 Å². The Morgan fingerprint density at radius 3 is 1.63 bits per heavy atom. The maximum Gasteiger partial charge on any atom is 0.332 e. The van der Waals surface area contributed by atoms with E-state index in [0.29, 0.717) is 29.9 Å². The van der Waals surface area contributed by atoms with E-state index in [0.717, 1.165) is 5.56 Å². The molecule has 30 heavy (non-hydrogen) atoms. The smallest absolute Gasteiger partial charge is 0.332 e. The van der Waals surface area contributed by atoms with Crippen LogP contribution in [0.3, 0.4) is 0 Å². The molecule has 0 N–H and O–H groups in total.